The highest BCUT2D eigenvalue weighted by atomic mass is 32.2. The molecule has 0 fully saturated rings. The van der Waals surface area contributed by atoms with E-state index in [4.69, 9.17) is 0 Å². The number of carbonyl (C=O) groups excluding carboxylic acids is 1. The van der Waals surface area contributed by atoms with E-state index in [1.54, 1.807) is 18.2 Å². The molecule has 0 saturated heterocycles. The fraction of sp³-hybridized carbons (Fsp3) is 0.278. The van der Waals surface area contributed by atoms with Crippen LogP contribution in [-0.2, 0) is 16.6 Å². The fourth-order valence-electron chi connectivity index (χ4n) is 2.80. The lowest BCUT2D eigenvalue weighted by Gasteiger charge is -2.36. The summed E-state index contributed by atoms with van der Waals surface area (Å²) in [6.45, 7) is 2.33. The SMILES string of the molecule is CCCCN1C(=O)N(Cc2ccc(F)cc2)S(=O)(=O)c2ccccc21. The first kappa shape index (κ1) is 17.4. The van der Waals surface area contributed by atoms with Gasteiger partial charge in [-0.2, -0.15) is 0 Å². The van der Waals surface area contributed by atoms with Crippen LogP contribution in [0.25, 0.3) is 0 Å². The Labute approximate surface area is 146 Å². The van der Waals surface area contributed by atoms with E-state index in [2.05, 4.69) is 0 Å². The smallest absolute Gasteiger partial charge is 0.292 e. The van der Waals surface area contributed by atoms with Crippen molar-refractivity contribution in [3.63, 3.8) is 0 Å². The summed E-state index contributed by atoms with van der Waals surface area (Å²) in [5.41, 5.74) is 0.962. The van der Waals surface area contributed by atoms with Crippen LogP contribution >= 0.6 is 0 Å². The molecule has 1 aliphatic heterocycles. The molecule has 2 aromatic carbocycles. The van der Waals surface area contributed by atoms with Crippen molar-refractivity contribution in [2.24, 2.45) is 0 Å². The van der Waals surface area contributed by atoms with Crippen molar-refractivity contribution in [2.75, 3.05) is 11.4 Å². The van der Waals surface area contributed by atoms with Gasteiger partial charge in [-0.1, -0.05) is 37.6 Å². The van der Waals surface area contributed by atoms with E-state index < -0.39 is 21.9 Å². The lowest BCUT2D eigenvalue weighted by Crippen LogP contribution is -2.50. The molecule has 132 valence electrons. The number of anilines is 1. The number of hydrogen-bond donors (Lipinski definition) is 0. The molecule has 2 aromatic rings. The Morgan fingerprint density at radius 1 is 1.04 bits per heavy atom. The zero-order valence-electron chi connectivity index (χ0n) is 13.9. The summed E-state index contributed by atoms with van der Waals surface area (Å²) in [4.78, 5) is 14.5. The van der Waals surface area contributed by atoms with Gasteiger partial charge >= 0.3 is 6.03 Å². The monoisotopic (exact) mass is 362 g/mol. The van der Waals surface area contributed by atoms with E-state index in [-0.39, 0.29) is 11.4 Å². The first-order chi connectivity index (χ1) is 11.9. The van der Waals surface area contributed by atoms with Crippen LogP contribution in [0.4, 0.5) is 14.9 Å². The van der Waals surface area contributed by atoms with Gasteiger partial charge < -0.3 is 0 Å². The Kier molecular flexibility index (Phi) is 4.76. The summed E-state index contributed by atoms with van der Waals surface area (Å²) in [6.07, 6.45) is 1.65. The highest BCUT2D eigenvalue weighted by Gasteiger charge is 2.40. The van der Waals surface area contributed by atoms with Gasteiger partial charge in [0.15, 0.2) is 0 Å². The van der Waals surface area contributed by atoms with Gasteiger partial charge in [-0.25, -0.2) is 21.9 Å². The van der Waals surface area contributed by atoms with Crippen molar-refractivity contribution in [2.45, 2.75) is 31.2 Å². The van der Waals surface area contributed by atoms with Gasteiger partial charge in [0.2, 0.25) is 0 Å². The Morgan fingerprint density at radius 2 is 1.72 bits per heavy atom. The Balaban J connectivity index is 2.03. The molecule has 25 heavy (non-hydrogen) atoms. The van der Waals surface area contributed by atoms with E-state index in [0.29, 0.717) is 17.8 Å². The highest BCUT2D eigenvalue weighted by Crippen LogP contribution is 2.35. The third-order valence-electron chi connectivity index (χ3n) is 4.14. The zero-order valence-corrected chi connectivity index (χ0v) is 14.7. The van der Waals surface area contributed by atoms with E-state index >= 15 is 0 Å². The van der Waals surface area contributed by atoms with Gasteiger partial charge in [0.05, 0.1) is 12.2 Å². The fourth-order valence-corrected chi connectivity index (χ4v) is 4.35. The molecule has 0 aliphatic carbocycles. The summed E-state index contributed by atoms with van der Waals surface area (Å²) in [5, 5.41) is 0. The Bertz CT molecular complexity index is 881. The van der Waals surface area contributed by atoms with Gasteiger partial charge in [-0.05, 0) is 36.2 Å². The molecule has 0 bridgehead atoms. The standard InChI is InChI=1S/C18H19FN2O3S/c1-2-3-12-20-16-6-4-5-7-17(16)25(23,24)21(18(20)22)13-14-8-10-15(19)11-9-14/h4-11H,2-3,12-13H2,1H3. The molecule has 0 unspecified atom stereocenters. The summed E-state index contributed by atoms with van der Waals surface area (Å²) >= 11 is 0. The van der Waals surface area contributed by atoms with Crippen LogP contribution in [0.5, 0.6) is 0 Å². The maximum atomic E-state index is 13.1. The molecule has 0 radical (unpaired) electrons. The topological polar surface area (TPSA) is 57.7 Å². The minimum absolute atomic E-state index is 0.118. The van der Waals surface area contributed by atoms with Crippen molar-refractivity contribution >= 4 is 21.7 Å². The number of sulfonamides is 1. The Morgan fingerprint density at radius 3 is 2.40 bits per heavy atom. The molecule has 0 atom stereocenters. The number of para-hydroxylation sites is 1. The minimum Gasteiger partial charge on any atom is -0.292 e. The van der Waals surface area contributed by atoms with Crippen molar-refractivity contribution < 1.29 is 17.6 Å². The average Bonchev–Trinajstić information content (AvgIpc) is 2.60. The van der Waals surface area contributed by atoms with Crippen LogP contribution in [0.2, 0.25) is 0 Å². The number of unbranched alkanes of at least 4 members (excludes halogenated alkanes) is 1. The van der Waals surface area contributed by atoms with Gasteiger partial charge in [0.1, 0.15) is 10.7 Å². The van der Waals surface area contributed by atoms with Gasteiger partial charge in [-0.15, -0.1) is 0 Å². The quantitative estimate of drug-likeness (QED) is 0.814. The largest absolute Gasteiger partial charge is 0.338 e. The first-order valence-electron chi connectivity index (χ1n) is 8.13. The molecule has 0 saturated carbocycles. The second kappa shape index (κ2) is 6.84. The number of urea groups is 1. The summed E-state index contributed by atoms with van der Waals surface area (Å²) in [5.74, 6) is -0.411. The van der Waals surface area contributed by atoms with Crippen LogP contribution in [0, 0.1) is 5.82 Å². The maximum Gasteiger partial charge on any atom is 0.338 e. The van der Waals surface area contributed by atoms with E-state index in [9.17, 15) is 17.6 Å². The predicted octanol–water partition coefficient (Wildman–Crippen LogP) is 3.76. The number of benzene rings is 2. The van der Waals surface area contributed by atoms with Crippen LogP contribution in [0.3, 0.4) is 0 Å². The third kappa shape index (κ3) is 3.24. The number of hydrogen-bond acceptors (Lipinski definition) is 3. The summed E-state index contributed by atoms with van der Waals surface area (Å²) in [7, 11) is -3.95. The van der Waals surface area contributed by atoms with Crippen LogP contribution in [0.15, 0.2) is 53.4 Å². The number of carbonyl (C=O) groups is 1. The number of amides is 2. The number of fused-ring (bicyclic) bond motifs is 1. The summed E-state index contributed by atoms with van der Waals surface area (Å²) in [6, 6.07) is 11.4. The van der Waals surface area contributed by atoms with Gasteiger partial charge in [-0.3, -0.25) is 4.90 Å². The average molecular weight is 362 g/mol. The highest BCUT2D eigenvalue weighted by molar-refractivity contribution is 7.90. The molecule has 1 heterocycles. The molecule has 5 nitrogen and oxygen atoms in total. The van der Waals surface area contributed by atoms with Gasteiger partial charge in [0, 0.05) is 6.54 Å². The molecule has 7 heteroatoms. The van der Waals surface area contributed by atoms with Crippen LogP contribution in [0.1, 0.15) is 25.3 Å². The molecule has 0 spiro atoms. The number of halogens is 1. The molecule has 0 N–H and O–H groups in total. The normalized spacial score (nSPS) is 16.0. The lowest BCUT2D eigenvalue weighted by atomic mass is 10.2. The second-order valence-corrected chi connectivity index (χ2v) is 7.72. The third-order valence-corrected chi connectivity index (χ3v) is 5.91. The lowest BCUT2D eigenvalue weighted by molar-refractivity contribution is 0.226. The van der Waals surface area contributed by atoms with Crippen molar-refractivity contribution in [3.05, 3.63) is 59.9 Å². The zero-order chi connectivity index (χ0) is 18.0. The molecule has 2 amide bonds. The van der Waals surface area contributed by atoms with Crippen molar-refractivity contribution in [1.29, 1.82) is 0 Å². The van der Waals surface area contributed by atoms with E-state index in [1.165, 1.54) is 35.2 Å². The predicted molar refractivity (Wildman–Crippen MR) is 93.2 cm³/mol. The molecule has 3 rings (SSSR count). The van der Waals surface area contributed by atoms with Crippen molar-refractivity contribution in [3.8, 4) is 0 Å². The Hall–Kier alpha value is -2.41. The molecular formula is C18H19FN2O3S. The van der Waals surface area contributed by atoms with Crippen molar-refractivity contribution in [1.82, 2.24) is 4.31 Å². The molecular weight excluding hydrogens is 343 g/mol. The van der Waals surface area contributed by atoms with E-state index in [1.807, 2.05) is 6.92 Å². The maximum absolute atomic E-state index is 13.1. The van der Waals surface area contributed by atoms with Gasteiger partial charge in [0.25, 0.3) is 10.0 Å². The summed E-state index contributed by atoms with van der Waals surface area (Å²) < 4.78 is 39.8. The second-order valence-electron chi connectivity index (χ2n) is 5.89. The number of nitrogens with zero attached hydrogens (tertiary/aromatic N) is 2. The van der Waals surface area contributed by atoms with Crippen LogP contribution < -0.4 is 4.90 Å². The molecule has 0 aromatic heterocycles. The minimum atomic E-state index is -3.95. The number of rotatable bonds is 5. The van der Waals surface area contributed by atoms with Crippen LogP contribution in [-0.4, -0.2) is 25.3 Å². The molecule has 1 aliphatic rings. The first-order valence-corrected chi connectivity index (χ1v) is 9.57. The van der Waals surface area contributed by atoms with E-state index in [0.717, 1.165) is 17.1 Å².